The van der Waals surface area contributed by atoms with E-state index >= 15 is 0 Å². The highest BCUT2D eigenvalue weighted by atomic mass is 16.5. The van der Waals surface area contributed by atoms with E-state index in [1.54, 1.807) is 6.33 Å². The van der Waals surface area contributed by atoms with E-state index in [-0.39, 0.29) is 5.92 Å². The summed E-state index contributed by atoms with van der Waals surface area (Å²) < 4.78 is 7.51. The lowest BCUT2D eigenvalue weighted by Gasteiger charge is -2.31. The van der Waals surface area contributed by atoms with Crippen LogP contribution in [0.1, 0.15) is 30.3 Å². The molecule has 0 N–H and O–H groups in total. The fraction of sp³-hybridized carbons (Fsp3) is 0.350. The maximum absolute atomic E-state index is 5.62. The number of aryl methyl sites for hydroxylation is 2. The summed E-state index contributed by atoms with van der Waals surface area (Å²) in [7, 11) is 1.95. The minimum Gasteiger partial charge on any atom is -0.369 e. The van der Waals surface area contributed by atoms with Crippen LogP contribution in [0.4, 0.5) is 5.69 Å². The van der Waals surface area contributed by atoms with E-state index in [2.05, 4.69) is 37.3 Å². The Balaban J connectivity index is 1.34. The van der Waals surface area contributed by atoms with Gasteiger partial charge in [-0.05, 0) is 25.8 Å². The Morgan fingerprint density at radius 3 is 2.68 bits per heavy atom. The Morgan fingerprint density at radius 2 is 1.89 bits per heavy atom. The van der Waals surface area contributed by atoms with Crippen LogP contribution in [0.3, 0.4) is 0 Å². The summed E-state index contributed by atoms with van der Waals surface area (Å²) in [6.07, 6.45) is 7.20. The second kappa shape index (κ2) is 6.70. The van der Waals surface area contributed by atoms with Gasteiger partial charge in [0.15, 0.2) is 0 Å². The number of nitrogens with zero attached hydrogens (tertiary/aromatic N) is 7. The fourth-order valence-electron chi connectivity index (χ4n) is 3.93. The second-order valence-corrected chi connectivity index (χ2v) is 7.26. The third-order valence-electron chi connectivity index (χ3n) is 5.49. The molecule has 8 nitrogen and oxygen atoms in total. The van der Waals surface area contributed by atoms with Crippen molar-refractivity contribution in [2.75, 3.05) is 18.0 Å². The molecular weight excluding hydrogens is 354 g/mol. The summed E-state index contributed by atoms with van der Waals surface area (Å²) in [5, 5.41) is 9.85. The average Bonchev–Trinajstić information content (AvgIpc) is 3.34. The van der Waals surface area contributed by atoms with Gasteiger partial charge in [-0.25, -0.2) is 9.97 Å². The molecule has 28 heavy (non-hydrogen) atoms. The highest BCUT2D eigenvalue weighted by Gasteiger charge is 2.26. The van der Waals surface area contributed by atoms with Gasteiger partial charge >= 0.3 is 0 Å². The number of anilines is 1. The van der Waals surface area contributed by atoms with E-state index in [4.69, 9.17) is 9.51 Å². The van der Waals surface area contributed by atoms with Gasteiger partial charge in [0.1, 0.15) is 6.33 Å². The van der Waals surface area contributed by atoms with Gasteiger partial charge < -0.3 is 9.42 Å². The standard InChI is InChI=1S/C20H21N7O/c1-13-17-4-3-15(9-18(17)26(2)24-13)19-23-20(28-25-19)14-5-7-27(8-6-14)16-10-21-12-22-11-16/h3-4,9-12,14H,5-8H2,1-2H3. The Bertz CT molecular complexity index is 1110. The van der Waals surface area contributed by atoms with Gasteiger partial charge in [-0.2, -0.15) is 10.1 Å². The quantitative estimate of drug-likeness (QED) is 0.544. The van der Waals surface area contributed by atoms with Crippen molar-refractivity contribution < 1.29 is 4.52 Å². The molecule has 0 radical (unpaired) electrons. The minimum atomic E-state index is 0.282. The first-order chi connectivity index (χ1) is 13.7. The molecule has 4 heterocycles. The van der Waals surface area contributed by atoms with Crippen LogP contribution in [-0.2, 0) is 7.05 Å². The molecule has 1 aliphatic rings. The summed E-state index contributed by atoms with van der Waals surface area (Å²) in [4.78, 5) is 15.2. The van der Waals surface area contributed by atoms with Crippen LogP contribution in [0.2, 0.25) is 0 Å². The van der Waals surface area contributed by atoms with Crippen molar-refractivity contribution in [2.45, 2.75) is 25.7 Å². The van der Waals surface area contributed by atoms with Crippen molar-refractivity contribution in [3.05, 3.63) is 48.5 Å². The maximum Gasteiger partial charge on any atom is 0.230 e. The molecule has 1 fully saturated rings. The summed E-state index contributed by atoms with van der Waals surface area (Å²) in [6.45, 7) is 3.87. The normalized spacial score (nSPS) is 15.4. The molecule has 3 aromatic heterocycles. The lowest BCUT2D eigenvalue weighted by Crippen LogP contribution is -2.33. The Kier molecular flexibility index (Phi) is 4.03. The Hall–Kier alpha value is -3.29. The predicted octanol–water partition coefficient (Wildman–Crippen LogP) is 3.11. The zero-order valence-corrected chi connectivity index (χ0v) is 15.9. The number of aromatic nitrogens is 6. The number of hydrogen-bond donors (Lipinski definition) is 0. The van der Waals surface area contributed by atoms with Crippen molar-refractivity contribution >= 4 is 16.6 Å². The van der Waals surface area contributed by atoms with E-state index in [1.165, 1.54) is 0 Å². The first-order valence-electron chi connectivity index (χ1n) is 9.46. The lowest BCUT2D eigenvalue weighted by molar-refractivity contribution is 0.329. The van der Waals surface area contributed by atoms with Crippen LogP contribution in [0.5, 0.6) is 0 Å². The van der Waals surface area contributed by atoms with Crippen molar-refractivity contribution in [1.82, 2.24) is 29.9 Å². The van der Waals surface area contributed by atoms with Crippen LogP contribution < -0.4 is 4.90 Å². The highest BCUT2D eigenvalue weighted by molar-refractivity contribution is 5.85. The summed E-state index contributed by atoms with van der Waals surface area (Å²) in [5.41, 5.74) is 4.10. The topological polar surface area (TPSA) is 85.8 Å². The first kappa shape index (κ1) is 16.9. The van der Waals surface area contributed by atoms with E-state index in [9.17, 15) is 0 Å². The predicted molar refractivity (Wildman–Crippen MR) is 105 cm³/mol. The Morgan fingerprint density at radius 1 is 1.11 bits per heavy atom. The average molecular weight is 375 g/mol. The van der Waals surface area contributed by atoms with E-state index in [0.29, 0.717) is 5.82 Å². The number of hydrogen-bond acceptors (Lipinski definition) is 7. The molecule has 0 aliphatic carbocycles. The van der Waals surface area contributed by atoms with Gasteiger partial charge in [0, 0.05) is 37.0 Å². The number of piperidine rings is 1. The molecule has 1 aliphatic heterocycles. The molecular formula is C20H21N7O. The molecule has 0 spiro atoms. The highest BCUT2D eigenvalue weighted by Crippen LogP contribution is 2.31. The largest absolute Gasteiger partial charge is 0.369 e. The molecule has 0 saturated carbocycles. The fourth-order valence-corrected chi connectivity index (χ4v) is 3.93. The molecule has 5 rings (SSSR count). The van der Waals surface area contributed by atoms with Crippen molar-refractivity contribution in [1.29, 1.82) is 0 Å². The molecule has 8 heteroatoms. The van der Waals surface area contributed by atoms with Gasteiger partial charge in [-0.15, -0.1) is 0 Å². The molecule has 1 aromatic carbocycles. The zero-order valence-electron chi connectivity index (χ0n) is 15.9. The zero-order chi connectivity index (χ0) is 19.1. The molecule has 1 saturated heterocycles. The molecule has 0 bridgehead atoms. The third-order valence-corrected chi connectivity index (χ3v) is 5.49. The van der Waals surface area contributed by atoms with Crippen LogP contribution >= 0.6 is 0 Å². The van der Waals surface area contributed by atoms with Gasteiger partial charge in [0.05, 0.1) is 29.3 Å². The van der Waals surface area contributed by atoms with E-state index < -0.39 is 0 Å². The second-order valence-electron chi connectivity index (χ2n) is 7.26. The van der Waals surface area contributed by atoms with Crippen molar-refractivity contribution in [3.8, 4) is 11.4 Å². The maximum atomic E-state index is 5.62. The SMILES string of the molecule is Cc1nn(C)c2cc(-c3noc(C4CCN(c5cncnc5)CC4)n3)ccc12. The van der Waals surface area contributed by atoms with Gasteiger partial charge in [-0.3, -0.25) is 4.68 Å². The summed E-state index contributed by atoms with van der Waals surface area (Å²) >= 11 is 0. The Labute approximate surface area is 162 Å². The lowest BCUT2D eigenvalue weighted by atomic mass is 9.96. The van der Waals surface area contributed by atoms with Crippen LogP contribution in [0.25, 0.3) is 22.3 Å². The summed E-state index contributed by atoms with van der Waals surface area (Å²) in [6, 6.07) is 6.18. The molecule has 142 valence electrons. The number of fused-ring (bicyclic) bond motifs is 1. The smallest absolute Gasteiger partial charge is 0.230 e. The third kappa shape index (κ3) is 2.90. The molecule has 0 unspecified atom stereocenters. The number of benzene rings is 1. The van der Waals surface area contributed by atoms with Crippen LogP contribution in [0, 0.1) is 6.92 Å². The van der Waals surface area contributed by atoms with Gasteiger partial charge in [-0.1, -0.05) is 17.3 Å². The molecule has 0 amide bonds. The minimum absolute atomic E-state index is 0.282. The molecule has 4 aromatic rings. The molecule has 0 atom stereocenters. The van der Waals surface area contributed by atoms with Gasteiger partial charge in [0.2, 0.25) is 11.7 Å². The summed E-state index contributed by atoms with van der Waals surface area (Å²) in [5.74, 6) is 1.64. The van der Waals surface area contributed by atoms with Crippen molar-refractivity contribution in [3.63, 3.8) is 0 Å². The first-order valence-corrected chi connectivity index (χ1v) is 9.46. The van der Waals surface area contributed by atoms with Crippen LogP contribution in [-0.4, -0.2) is 43.0 Å². The van der Waals surface area contributed by atoms with Crippen LogP contribution in [0.15, 0.2) is 41.4 Å². The number of rotatable bonds is 3. The van der Waals surface area contributed by atoms with Gasteiger partial charge in [0.25, 0.3) is 0 Å². The van der Waals surface area contributed by atoms with E-state index in [0.717, 1.165) is 59.7 Å². The van der Waals surface area contributed by atoms with Crippen molar-refractivity contribution in [2.24, 2.45) is 7.05 Å². The van der Waals surface area contributed by atoms with E-state index in [1.807, 2.05) is 37.1 Å². The monoisotopic (exact) mass is 375 g/mol.